The van der Waals surface area contributed by atoms with E-state index in [9.17, 15) is 0 Å². The Labute approximate surface area is 129 Å². The van der Waals surface area contributed by atoms with Crippen molar-refractivity contribution in [2.24, 2.45) is 0 Å². The normalized spacial score (nSPS) is 10.8. The summed E-state index contributed by atoms with van der Waals surface area (Å²) in [6, 6.07) is 30.6. The fourth-order valence-electron chi connectivity index (χ4n) is 2.38. The fraction of sp³-hybridized carbons (Fsp3) is 0.100. The number of hydrogen-bond acceptors (Lipinski definition) is 0. The molecule has 104 valence electrons. The van der Waals surface area contributed by atoms with Crippen LogP contribution < -0.4 is 0 Å². The van der Waals surface area contributed by atoms with Gasteiger partial charge in [-0.05, 0) is 48.4 Å². The molecular formula is C20H19S+. The van der Waals surface area contributed by atoms with Crippen molar-refractivity contribution in [2.45, 2.75) is 28.0 Å². The van der Waals surface area contributed by atoms with Crippen molar-refractivity contribution < 1.29 is 0 Å². The molecule has 0 saturated carbocycles. The monoisotopic (exact) mass is 291 g/mol. The molecule has 0 bridgehead atoms. The lowest BCUT2D eigenvalue weighted by atomic mass is 10.2. The molecule has 0 saturated heterocycles. The van der Waals surface area contributed by atoms with Gasteiger partial charge in [-0.25, -0.2) is 0 Å². The van der Waals surface area contributed by atoms with Crippen LogP contribution in [0.1, 0.15) is 12.5 Å². The second-order valence-electron chi connectivity index (χ2n) is 4.93. The molecule has 0 N–H and O–H groups in total. The van der Waals surface area contributed by atoms with Gasteiger partial charge in [0.25, 0.3) is 0 Å². The van der Waals surface area contributed by atoms with Crippen molar-refractivity contribution in [3.05, 3.63) is 90.5 Å². The van der Waals surface area contributed by atoms with E-state index in [2.05, 4.69) is 91.9 Å². The molecule has 1 heteroatoms. The summed E-state index contributed by atoms with van der Waals surface area (Å²) in [5.74, 6) is 0. The van der Waals surface area contributed by atoms with Crippen LogP contribution in [0.15, 0.2) is 99.6 Å². The Balaban J connectivity index is 2.07. The van der Waals surface area contributed by atoms with E-state index in [0.717, 1.165) is 6.42 Å². The minimum atomic E-state index is -0.0249. The summed E-state index contributed by atoms with van der Waals surface area (Å²) in [6.07, 6.45) is 1.09. The van der Waals surface area contributed by atoms with Crippen molar-refractivity contribution in [1.29, 1.82) is 0 Å². The fourth-order valence-corrected chi connectivity index (χ4v) is 4.47. The van der Waals surface area contributed by atoms with Crippen LogP contribution in [0.3, 0.4) is 0 Å². The summed E-state index contributed by atoms with van der Waals surface area (Å²) in [6.45, 7) is 2.20. The molecule has 21 heavy (non-hydrogen) atoms. The third-order valence-electron chi connectivity index (χ3n) is 3.53. The zero-order valence-electron chi connectivity index (χ0n) is 12.2. The molecule has 0 amide bonds. The molecular weight excluding hydrogens is 272 g/mol. The number of hydrogen-bond donors (Lipinski definition) is 0. The average Bonchev–Trinajstić information content (AvgIpc) is 2.58. The Bertz CT molecular complexity index is 633. The van der Waals surface area contributed by atoms with Gasteiger partial charge in [0.1, 0.15) is 0 Å². The maximum absolute atomic E-state index is 2.28. The first-order chi connectivity index (χ1) is 10.4. The first-order valence-corrected chi connectivity index (χ1v) is 8.54. The third kappa shape index (κ3) is 3.20. The molecule has 0 aliphatic carbocycles. The molecule has 0 spiro atoms. The Hall–Kier alpha value is -1.99. The zero-order valence-corrected chi connectivity index (χ0v) is 13.0. The summed E-state index contributed by atoms with van der Waals surface area (Å²) < 4.78 is 0. The van der Waals surface area contributed by atoms with Crippen LogP contribution in [0.4, 0.5) is 0 Å². The zero-order chi connectivity index (χ0) is 14.5. The molecule has 0 radical (unpaired) electrons. The second-order valence-corrected chi connectivity index (χ2v) is 6.96. The minimum absolute atomic E-state index is 0.0249. The van der Waals surface area contributed by atoms with Crippen LogP contribution >= 0.6 is 0 Å². The molecule has 3 rings (SSSR count). The molecule has 0 heterocycles. The van der Waals surface area contributed by atoms with E-state index in [4.69, 9.17) is 0 Å². The first kappa shape index (κ1) is 14.0. The standard InChI is InChI=1S/C20H19S/c1-2-17-13-15-20(16-14-17)21(18-9-5-3-6-10-18)19-11-7-4-8-12-19/h3-16H,2H2,1H3/q+1. The highest BCUT2D eigenvalue weighted by atomic mass is 32.2. The van der Waals surface area contributed by atoms with Crippen LogP contribution in [0.5, 0.6) is 0 Å². The number of aryl methyl sites for hydroxylation is 1. The third-order valence-corrected chi connectivity index (χ3v) is 5.76. The van der Waals surface area contributed by atoms with Crippen LogP contribution in [-0.2, 0) is 17.3 Å². The maximum Gasteiger partial charge on any atom is 0.166 e. The summed E-state index contributed by atoms with van der Waals surface area (Å²) in [7, 11) is -0.0249. The van der Waals surface area contributed by atoms with Gasteiger partial charge in [-0.15, -0.1) is 0 Å². The highest BCUT2D eigenvalue weighted by molar-refractivity contribution is 7.97. The lowest BCUT2D eigenvalue weighted by Gasteiger charge is -2.08. The van der Waals surface area contributed by atoms with E-state index in [0.29, 0.717) is 0 Å². The van der Waals surface area contributed by atoms with E-state index >= 15 is 0 Å². The second kappa shape index (κ2) is 6.64. The molecule has 3 aromatic rings. The van der Waals surface area contributed by atoms with Gasteiger partial charge in [0.05, 0.1) is 10.9 Å². The van der Waals surface area contributed by atoms with Crippen LogP contribution in [0.25, 0.3) is 0 Å². The average molecular weight is 291 g/mol. The van der Waals surface area contributed by atoms with E-state index in [-0.39, 0.29) is 10.9 Å². The number of benzene rings is 3. The molecule has 0 aliphatic heterocycles. The minimum Gasteiger partial charge on any atom is -0.0619 e. The Morgan fingerprint density at radius 2 is 1.00 bits per heavy atom. The van der Waals surface area contributed by atoms with Crippen molar-refractivity contribution in [2.75, 3.05) is 0 Å². The molecule has 3 aromatic carbocycles. The quantitative estimate of drug-likeness (QED) is 0.569. The van der Waals surface area contributed by atoms with Crippen LogP contribution in [0.2, 0.25) is 0 Å². The predicted molar refractivity (Wildman–Crippen MR) is 90.9 cm³/mol. The molecule has 0 aliphatic rings. The molecule has 0 unspecified atom stereocenters. The van der Waals surface area contributed by atoms with Gasteiger partial charge in [-0.3, -0.25) is 0 Å². The molecule has 0 nitrogen and oxygen atoms in total. The molecule has 0 fully saturated rings. The van der Waals surface area contributed by atoms with Crippen molar-refractivity contribution in [1.82, 2.24) is 0 Å². The van der Waals surface area contributed by atoms with E-state index in [1.807, 2.05) is 0 Å². The maximum atomic E-state index is 2.28. The number of rotatable bonds is 4. The van der Waals surface area contributed by atoms with Gasteiger partial charge in [-0.2, -0.15) is 0 Å². The first-order valence-electron chi connectivity index (χ1n) is 7.32. The Morgan fingerprint density at radius 3 is 1.43 bits per heavy atom. The van der Waals surface area contributed by atoms with E-state index < -0.39 is 0 Å². The highest BCUT2D eigenvalue weighted by Gasteiger charge is 2.27. The van der Waals surface area contributed by atoms with Gasteiger partial charge in [0, 0.05) is 0 Å². The van der Waals surface area contributed by atoms with Gasteiger partial charge < -0.3 is 0 Å². The van der Waals surface area contributed by atoms with E-state index in [1.54, 1.807) is 0 Å². The van der Waals surface area contributed by atoms with Crippen LogP contribution in [0, 0.1) is 0 Å². The smallest absolute Gasteiger partial charge is 0.0619 e. The van der Waals surface area contributed by atoms with Gasteiger partial charge in [0.2, 0.25) is 0 Å². The Kier molecular flexibility index (Phi) is 4.42. The SMILES string of the molecule is CCc1ccc([S+](c2ccccc2)c2ccccc2)cc1. The van der Waals surface area contributed by atoms with Crippen molar-refractivity contribution in [3.63, 3.8) is 0 Å². The summed E-state index contributed by atoms with van der Waals surface area (Å²) in [5, 5.41) is 0. The largest absolute Gasteiger partial charge is 0.166 e. The highest BCUT2D eigenvalue weighted by Crippen LogP contribution is 2.30. The van der Waals surface area contributed by atoms with Crippen molar-refractivity contribution >= 4 is 10.9 Å². The topological polar surface area (TPSA) is 0 Å². The summed E-state index contributed by atoms with van der Waals surface area (Å²) >= 11 is 0. The Morgan fingerprint density at radius 1 is 0.571 bits per heavy atom. The molecule has 0 atom stereocenters. The van der Waals surface area contributed by atoms with E-state index in [1.165, 1.54) is 20.2 Å². The summed E-state index contributed by atoms with van der Waals surface area (Å²) in [5.41, 5.74) is 1.39. The lowest BCUT2D eigenvalue weighted by molar-refractivity contribution is 1.13. The van der Waals surface area contributed by atoms with Crippen molar-refractivity contribution in [3.8, 4) is 0 Å². The summed E-state index contributed by atoms with van der Waals surface area (Å²) in [4.78, 5) is 4.12. The van der Waals surface area contributed by atoms with Gasteiger partial charge >= 0.3 is 0 Å². The molecule has 0 aromatic heterocycles. The predicted octanol–water partition coefficient (Wildman–Crippen LogP) is 5.34. The van der Waals surface area contributed by atoms with Crippen LogP contribution in [-0.4, -0.2) is 0 Å². The van der Waals surface area contributed by atoms with Gasteiger partial charge in [0.15, 0.2) is 14.7 Å². The van der Waals surface area contributed by atoms with Gasteiger partial charge in [-0.1, -0.05) is 55.5 Å². The lowest BCUT2D eigenvalue weighted by Crippen LogP contribution is -2.04.